The van der Waals surface area contributed by atoms with Gasteiger partial charge in [0, 0.05) is 45.5 Å². The zero-order valence-corrected chi connectivity index (χ0v) is 40.0. The Hall–Kier alpha value is -8.98. The van der Waals surface area contributed by atoms with Crippen LogP contribution in [0, 0.1) is 6.92 Å². The molecule has 0 bridgehead atoms. The minimum atomic E-state index is 0.830. The molecule has 10 aromatic carbocycles. The van der Waals surface area contributed by atoms with E-state index < -0.39 is 0 Å². The molecule has 2 heteroatoms. The monoisotopic (exact) mass is 908 g/mol. The fourth-order valence-corrected chi connectivity index (χ4v) is 10.7. The van der Waals surface area contributed by atoms with Gasteiger partial charge in [0.15, 0.2) is 0 Å². The number of anilines is 3. The lowest BCUT2D eigenvalue weighted by Gasteiger charge is -2.27. The standard InChI is InChI=1S/C69H52N2/c1-3-4-27-61(60-28-14-12-19-48(60)2)52-38-43-58(44-39-52)70(57-41-36-49(37-42-57)53-40-45-63-55(46-53)35-34-51-22-13-15-29-62(51)63)59-26-16-23-54(47-59)64-30-18-33-67-68(64)66-32-17-31-65(50-20-8-7-9-21-50)69(66)71(67)56-24-10-5-6-11-25-56/h3-24,26-47H,25H2,1-2H3/b4-3-,61-27-. The van der Waals surface area contributed by atoms with Crippen LogP contribution in [0.3, 0.4) is 0 Å². The van der Waals surface area contributed by atoms with Crippen molar-refractivity contribution in [2.75, 3.05) is 4.90 Å². The van der Waals surface area contributed by atoms with Crippen molar-refractivity contribution in [3.63, 3.8) is 0 Å². The summed E-state index contributed by atoms with van der Waals surface area (Å²) in [5, 5.41) is 7.54. The smallest absolute Gasteiger partial charge is 0.0616 e. The second-order valence-corrected chi connectivity index (χ2v) is 18.4. The number of hydrogen-bond acceptors (Lipinski definition) is 1. The Bertz CT molecular complexity index is 3950. The molecule has 1 aliphatic carbocycles. The second-order valence-electron chi connectivity index (χ2n) is 18.4. The van der Waals surface area contributed by atoms with Crippen LogP contribution in [-0.4, -0.2) is 4.57 Å². The predicted octanol–water partition coefficient (Wildman–Crippen LogP) is 19.2. The summed E-state index contributed by atoms with van der Waals surface area (Å²) in [5.74, 6) is 0. The second kappa shape index (κ2) is 18.8. The van der Waals surface area contributed by atoms with Gasteiger partial charge in [-0.1, -0.05) is 212 Å². The summed E-state index contributed by atoms with van der Waals surface area (Å²) < 4.78 is 2.50. The summed E-state index contributed by atoms with van der Waals surface area (Å²) in [6.07, 6.45) is 18.2. The number of hydrogen-bond donors (Lipinski definition) is 0. The Morgan fingerprint density at radius 1 is 0.493 bits per heavy atom. The number of rotatable bonds is 10. The van der Waals surface area contributed by atoms with E-state index in [-0.39, 0.29) is 0 Å². The zero-order chi connectivity index (χ0) is 47.7. The van der Waals surface area contributed by atoms with Gasteiger partial charge in [0.05, 0.1) is 11.0 Å². The van der Waals surface area contributed by atoms with Crippen molar-refractivity contribution in [2.45, 2.75) is 20.3 Å². The van der Waals surface area contributed by atoms with Crippen molar-refractivity contribution in [1.82, 2.24) is 4.57 Å². The van der Waals surface area contributed by atoms with E-state index in [4.69, 9.17) is 0 Å². The maximum atomic E-state index is 2.50. The number of para-hydroxylation sites is 1. The van der Waals surface area contributed by atoms with Gasteiger partial charge in [-0.25, -0.2) is 0 Å². The van der Waals surface area contributed by atoms with Crippen LogP contribution < -0.4 is 4.90 Å². The van der Waals surface area contributed by atoms with Crippen LogP contribution in [0.1, 0.15) is 30.0 Å². The van der Waals surface area contributed by atoms with Crippen molar-refractivity contribution in [2.24, 2.45) is 0 Å². The fourth-order valence-electron chi connectivity index (χ4n) is 10.7. The summed E-state index contributed by atoms with van der Waals surface area (Å²) >= 11 is 0. The van der Waals surface area contributed by atoms with Crippen LogP contribution in [0.15, 0.2) is 267 Å². The topological polar surface area (TPSA) is 8.17 Å². The van der Waals surface area contributed by atoms with E-state index in [9.17, 15) is 0 Å². The Morgan fingerprint density at radius 3 is 2.03 bits per heavy atom. The van der Waals surface area contributed by atoms with Gasteiger partial charge < -0.3 is 9.47 Å². The highest BCUT2D eigenvalue weighted by Gasteiger charge is 2.22. The zero-order valence-electron chi connectivity index (χ0n) is 40.0. The van der Waals surface area contributed by atoms with E-state index in [1.54, 1.807) is 0 Å². The van der Waals surface area contributed by atoms with E-state index in [1.807, 2.05) is 0 Å². The average molecular weight is 909 g/mol. The molecule has 1 aromatic heterocycles. The normalized spacial score (nSPS) is 12.9. The van der Waals surface area contributed by atoms with Gasteiger partial charge in [-0.15, -0.1) is 0 Å². The molecule has 0 saturated heterocycles. The maximum absolute atomic E-state index is 2.50. The van der Waals surface area contributed by atoms with Crippen molar-refractivity contribution < 1.29 is 0 Å². The summed E-state index contributed by atoms with van der Waals surface area (Å²) in [6, 6.07) is 80.3. The average Bonchev–Trinajstić information content (AvgIpc) is 3.54. The van der Waals surface area contributed by atoms with Crippen LogP contribution in [0.4, 0.5) is 17.1 Å². The molecule has 12 rings (SSSR count). The van der Waals surface area contributed by atoms with E-state index in [1.165, 1.54) is 99.1 Å². The largest absolute Gasteiger partial charge is 0.312 e. The van der Waals surface area contributed by atoms with Gasteiger partial charge in [0.1, 0.15) is 0 Å². The first-order chi connectivity index (χ1) is 35.1. The first kappa shape index (κ1) is 43.3. The van der Waals surface area contributed by atoms with E-state index in [2.05, 4.69) is 290 Å². The Morgan fingerprint density at radius 2 is 1.18 bits per heavy atom. The van der Waals surface area contributed by atoms with Crippen LogP contribution in [0.5, 0.6) is 0 Å². The highest BCUT2D eigenvalue weighted by atomic mass is 15.1. The molecule has 0 saturated carbocycles. The predicted molar refractivity (Wildman–Crippen MR) is 306 cm³/mol. The van der Waals surface area contributed by atoms with Gasteiger partial charge in [-0.2, -0.15) is 0 Å². The lowest BCUT2D eigenvalue weighted by Crippen LogP contribution is -2.10. The lowest BCUT2D eigenvalue weighted by atomic mass is 9.93. The van der Waals surface area contributed by atoms with E-state index in [0.717, 1.165) is 29.0 Å². The highest BCUT2D eigenvalue weighted by molar-refractivity contribution is 6.19. The minimum absolute atomic E-state index is 0.830. The summed E-state index contributed by atoms with van der Waals surface area (Å²) in [5.41, 5.74) is 18.9. The van der Waals surface area contributed by atoms with Gasteiger partial charge in [-0.3, -0.25) is 0 Å². The molecule has 0 amide bonds. The third-order valence-electron chi connectivity index (χ3n) is 14.1. The van der Waals surface area contributed by atoms with Crippen LogP contribution in [-0.2, 0) is 0 Å². The van der Waals surface area contributed by atoms with E-state index >= 15 is 0 Å². The molecule has 2 nitrogen and oxygen atoms in total. The molecule has 0 N–H and O–H groups in total. The molecule has 11 aromatic rings. The van der Waals surface area contributed by atoms with E-state index in [0.29, 0.717) is 0 Å². The number of aromatic nitrogens is 1. The molecule has 0 radical (unpaired) electrons. The van der Waals surface area contributed by atoms with Gasteiger partial charge in [-0.05, 0) is 140 Å². The van der Waals surface area contributed by atoms with Crippen molar-refractivity contribution >= 4 is 71.7 Å². The van der Waals surface area contributed by atoms with Crippen molar-refractivity contribution in [3.05, 3.63) is 284 Å². The molecule has 338 valence electrons. The molecule has 71 heavy (non-hydrogen) atoms. The third-order valence-corrected chi connectivity index (χ3v) is 14.1. The first-order valence-corrected chi connectivity index (χ1v) is 24.7. The fraction of sp³-hybridized carbons (Fsp3) is 0.0435. The molecule has 0 aliphatic heterocycles. The Balaban J connectivity index is 1.00. The Labute approximate surface area is 416 Å². The quantitative estimate of drug-likeness (QED) is 0.0980. The van der Waals surface area contributed by atoms with Crippen LogP contribution in [0.25, 0.3) is 88.0 Å². The van der Waals surface area contributed by atoms with Gasteiger partial charge in [0.25, 0.3) is 0 Å². The van der Waals surface area contributed by atoms with Crippen LogP contribution >= 0.6 is 0 Å². The number of benzene rings is 10. The SMILES string of the molecule is C/C=C\C=C(\c1ccc(N(c2ccc(-c3ccc4c(ccc5ccccc54)c3)cc2)c2cccc(-c3cccc4c3c3cccc(-c5ccccc5)c3n4C3=CC=CC=CC3)c2)cc1)c1ccccc1C. The molecule has 0 atom stereocenters. The molecule has 0 fully saturated rings. The number of aryl methyl sites for hydroxylation is 1. The third kappa shape index (κ3) is 8.10. The van der Waals surface area contributed by atoms with Crippen molar-refractivity contribution in [3.8, 4) is 33.4 Å². The molecule has 0 spiro atoms. The molecular weight excluding hydrogens is 857 g/mol. The van der Waals surface area contributed by atoms with Gasteiger partial charge in [0.2, 0.25) is 0 Å². The molecule has 1 heterocycles. The highest BCUT2D eigenvalue weighted by Crippen LogP contribution is 2.45. The number of nitrogens with zero attached hydrogens (tertiary/aromatic N) is 2. The number of allylic oxidation sites excluding steroid dienone is 9. The van der Waals surface area contributed by atoms with Crippen LogP contribution in [0.2, 0.25) is 0 Å². The summed E-state index contributed by atoms with van der Waals surface area (Å²) in [7, 11) is 0. The summed E-state index contributed by atoms with van der Waals surface area (Å²) in [6.45, 7) is 4.26. The lowest BCUT2D eigenvalue weighted by molar-refractivity contribution is 1.14. The summed E-state index contributed by atoms with van der Waals surface area (Å²) in [4.78, 5) is 2.40. The molecule has 0 unspecified atom stereocenters. The molecule has 1 aliphatic rings. The van der Waals surface area contributed by atoms with Gasteiger partial charge >= 0.3 is 0 Å². The molecular formula is C69H52N2. The Kier molecular flexibility index (Phi) is 11.5. The first-order valence-electron chi connectivity index (χ1n) is 24.7. The maximum Gasteiger partial charge on any atom is 0.0616 e. The van der Waals surface area contributed by atoms with Crippen molar-refractivity contribution in [1.29, 1.82) is 0 Å². The minimum Gasteiger partial charge on any atom is -0.312 e. The number of fused-ring (bicyclic) bond motifs is 6.